The van der Waals surface area contributed by atoms with E-state index < -0.39 is 0 Å². The number of nitrogens with zero attached hydrogens (tertiary/aromatic N) is 2. The second-order valence-electron chi connectivity index (χ2n) is 5.55. The van der Waals surface area contributed by atoms with E-state index in [0.717, 1.165) is 42.0 Å². The van der Waals surface area contributed by atoms with Gasteiger partial charge in [-0.3, -0.25) is 0 Å². The monoisotopic (exact) mass is 337 g/mol. The predicted octanol–water partition coefficient (Wildman–Crippen LogP) is 2.91. The first-order valence-corrected chi connectivity index (χ1v) is 7.92. The van der Waals surface area contributed by atoms with Crippen LogP contribution in [-0.2, 0) is 11.2 Å². The minimum Gasteiger partial charge on any atom is -0.379 e. The van der Waals surface area contributed by atoms with Crippen molar-refractivity contribution >= 4 is 27.0 Å². The van der Waals surface area contributed by atoms with E-state index in [4.69, 9.17) is 9.72 Å². The molecular formula is C15H20BrN3O. The van der Waals surface area contributed by atoms with Gasteiger partial charge in [0.2, 0.25) is 0 Å². The molecule has 3 rings (SSSR count). The van der Waals surface area contributed by atoms with Crippen molar-refractivity contribution in [2.45, 2.75) is 32.4 Å². The fourth-order valence-corrected chi connectivity index (χ4v) is 3.16. The maximum absolute atomic E-state index is 5.54. The van der Waals surface area contributed by atoms with Gasteiger partial charge in [-0.2, -0.15) is 0 Å². The molecule has 1 aromatic heterocycles. The maximum Gasteiger partial charge on any atom is 0.111 e. The Morgan fingerprint density at radius 1 is 1.50 bits per heavy atom. The van der Waals surface area contributed by atoms with Crippen LogP contribution in [0.25, 0.3) is 11.0 Å². The number of hydrogen-bond donors (Lipinski definition) is 1. The third-order valence-corrected chi connectivity index (χ3v) is 4.16. The van der Waals surface area contributed by atoms with Crippen LogP contribution < -0.4 is 5.32 Å². The van der Waals surface area contributed by atoms with Gasteiger partial charge in [0.05, 0.1) is 24.2 Å². The molecule has 5 heteroatoms. The van der Waals surface area contributed by atoms with Crippen LogP contribution in [0, 0.1) is 0 Å². The summed E-state index contributed by atoms with van der Waals surface area (Å²) < 4.78 is 8.95. The largest absolute Gasteiger partial charge is 0.379 e. The first-order valence-electron chi connectivity index (χ1n) is 7.12. The average Bonchev–Trinajstić information content (AvgIpc) is 2.76. The van der Waals surface area contributed by atoms with Crippen molar-refractivity contribution in [1.29, 1.82) is 0 Å². The highest BCUT2D eigenvalue weighted by molar-refractivity contribution is 9.10. The Balaban J connectivity index is 1.97. The average molecular weight is 338 g/mol. The fourth-order valence-electron chi connectivity index (χ4n) is 2.81. The molecule has 1 aliphatic heterocycles. The summed E-state index contributed by atoms with van der Waals surface area (Å²) in [5, 5.41) is 3.50. The third kappa shape index (κ3) is 2.75. The van der Waals surface area contributed by atoms with E-state index in [9.17, 15) is 0 Å². The molecule has 0 saturated carbocycles. The van der Waals surface area contributed by atoms with Crippen molar-refractivity contribution in [3.63, 3.8) is 0 Å². The number of imidazole rings is 1. The molecule has 1 aromatic carbocycles. The summed E-state index contributed by atoms with van der Waals surface area (Å²) in [5.41, 5.74) is 2.26. The van der Waals surface area contributed by atoms with Gasteiger partial charge in [-0.25, -0.2) is 4.98 Å². The summed E-state index contributed by atoms with van der Waals surface area (Å²) in [7, 11) is 0. The van der Waals surface area contributed by atoms with Gasteiger partial charge in [-0.15, -0.1) is 0 Å². The SMILES string of the molecule is CC(C)n1c(CC2COCCN2)nc2cc(Br)ccc21. The highest BCUT2D eigenvalue weighted by Gasteiger charge is 2.19. The van der Waals surface area contributed by atoms with Gasteiger partial charge in [0.15, 0.2) is 0 Å². The number of morpholine rings is 1. The molecule has 2 aromatic rings. The second kappa shape index (κ2) is 5.84. The van der Waals surface area contributed by atoms with E-state index in [1.54, 1.807) is 0 Å². The molecule has 1 saturated heterocycles. The zero-order valence-corrected chi connectivity index (χ0v) is 13.5. The van der Waals surface area contributed by atoms with Crippen molar-refractivity contribution < 1.29 is 4.74 Å². The van der Waals surface area contributed by atoms with Crippen molar-refractivity contribution in [1.82, 2.24) is 14.9 Å². The van der Waals surface area contributed by atoms with Crippen LogP contribution in [0.5, 0.6) is 0 Å². The number of halogens is 1. The molecule has 108 valence electrons. The predicted molar refractivity (Wildman–Crippen MR) is 84.1 cm³/mol. The lowest BCUT2D eigenvalue weighted by Gasteiger charge is -2.24. The Kier molecular flexibility index (Phi) is 4.10. The Bertz CT molecular complexity index is 602. The zero-order chi connectivity index (χ0) is 14.1. The van der Waals surface area contributed by atoms with Gasteiger partial charge in [-0.05, 0) is 32.0 Å². The minimum absolute atomic E-state index is 0.363. The molecule has 0 amide bonds. The van der Waals surface area contributed by atoms with Crippen molar-refractivity contribution in [3.8, 4) is 0 Å². The Morgan fingerprint density at radius 2 is 2.35 bits per heavy atom. The highest BCUT2D eigenvalue weighted by atomic mass is 79.9. The number of fused-ring (bicyclic) bond motifs is 1. The summed E-state index contributed by atoms with van der Waals surface area (Å²) in [6.07, 6.45) is 0.907. The summed E-state index contributed by atoms with van der Waals surface area (Å²) in [4.78, 5) is 4.83. The molecule has 0 radical (unpaired) electrons. The molecular weight excluding hydrogens is 318 g/mol. The number of ether oxygens (including phenoxy) is 1. The summed E-state index contributed by atoms with van der Waals surface area (Å²) in [5.74, 6) is 1.14. The topological polar surface area (TPSA) is 39.1 Å². The number of rotatable bonds is 3. The van der Waals surface area contributed by atoms with Crippen LogP contribution in [0.1, 0.15) is 25.7 Å². The van der Waals surface area contributed by atoms with Crippen molar-refractivity contribution in [2.75, 3.05) is 19.8 Å². The quantitative estimate of drug-likeness (QED) is 0.935. The minimum atomic E-state index is 0.363. The summed E-state index contributed by atoms with van der Waals surface area (Å²) in [6, 6.07) is 7.07. The Labute approximate surface area is 127 Å². The number of nitrogens with one attached hydrogen (secondary N) is 1. The standard InChI is InChI=1S/C15H20BrN3O/c1-10(2)19-14-4-3-11(16)7-13(14)18-15(19)8-12-9-20-6-5-17-12/h3-4,7,10,12,17H,5-6,8-9H2,1-2H3. The van der Waals surface area contributed by atoms with Crippen LogP contribution in [0.2, 0.25) is 0 Å². The van der Waals surface area contributed by atoms with Gasteiger partial charge in [0, 0.05) is 29.5 Å². The molecule has 2 heterocycles. The molecule has 1 unspecified atom stereocenters. The Hall–Kier alpha value is -0.910. The lowest BCUT2D eigenvalue weighted by Crippen LogP contribution is -2.43. The second-order valence-corrected chi connectivity index (χ2v) is 6.47. The van der Waals surface area contributed by atoms with Crippen molar-refractivity contribution in [3.05, 3.63) is 28.5 Å². The zero-order valence-electron chi connectivity index (χ0n) is 11.9. The van der Waals surface area contributed by atoms with Crippen LogP contribution in [0.4, 0.5) is 0 Å². The Morgan fingerprint density at radius 3 is 3.05 bits per heavy atom. The molecule has 1 aliphatic rings. The smallest absolute Gasteiger partial charge is 0.111 e. The normalized spacial score (nSPS) is 19.9. The van der Waals surface area contributed by atoms with Gasteiger partial charge in [-0.1, -0.05) is 15.9 Å². The van der Waals surface area contributed by atoms with Gasteiger partial charge >= 0.3 is 0 Å². The van der Waals surface area contributed by atoms with Crippen molar-refractivity contribution in [2.24, 2.45) is 0 Å². The summed E-state index contributed by atoms with van der Waals surface area (Å²) in [6.45, 7) is 6.92. The van der Waals surface area contributed by atoms with Crippen LogP contribution in [0.3, 0.4) is 0 Å². The van der Waals surface area contributed by atoms with Gasteiger partial charge < -0.3 is 14.6 Å². The molecule has 4 nitrogen and oxygen atoms in total. The van der Waals surface area contributed by atoms with E-state index in [0.29, 0.717) is 12.1 Å². The van der Waals surface area contributed by atoms with Gasteiger partial charge in [0.1, 0.15) is 5.82 Å². The molecule has 1 atom stereocenters. The molecule has 1 fully saturated rings. The van der Waals surface area contributed by atoms with E-state index in [1.807, 2.05) is 0 Å². The lowest BCUT2D eigenvalue weighted by atomic mass is 10.2. The van der Waals surface area contributed by atoms with Crippen LogP contribution >= 0.6 is 15.9 Å². The first-order chi connectivity index (χ1) is 9.65. The number of hydrogen-bond acceptors (Lipinski definition) is 3. The molecule has 0 bridgehead atoms. The highest BCUT2D eigenvalue weighted by Crippen LogP contribution is 2.25. The van der Waals surface area contributed by atoms with Gasteiger partial charge in [0.25, 0.3) is 0 Å². The third-order valence-electron chi connectivity index (χ3n) is 3.67. The van der Waals surface area contributed by atoms with E-state index in [1.165, 1.54) is 5.52 Å². The number of aromatic nitrogens is 2. The lowest BCUT2D eigenvalue weighted by molar-refractivity contribution is 0.0761. The molecule has 20 heavy (non-hydrogen) atoms. The summed E-state index contributed by atoms with van der Waals surface area (Å²) >= 11 is 3.52. The first kappa shape index (κ1) is 14.0. The van der Waals surface area contributed by atoms with Crippen LogP contribution in [0.15, 0.2) is 22.7 Å². The maximum atomic E-state index is 5.54. The molecule has 1 N–H and O–H groups in total. The molecule has 0 aliphatic carbocycles. The molecule has 0 spiro atoms. The van der Waals surface area contributed by atoms with E-state index >= 15 is 0 Å². The number of benzene rings is 1. The van der Waals surface area contributed by atoms with E-state index in [-0.39, 0.29) is 0 Å². The van der Waals surface area contributed by atoms with Crippen LogP contribution in [-0.4, -0.2) is 35.4 Å². The van der Waals surface area contributed by atoms with E-state index in [2.05, 4.69) is 57.9 Å². The fraction of sp³-hybridized carbons (Fsp3) is 0.533.